The summed E-state index contributed by atoms with van der Waals surface area (Å²) in [6.45, 7) is 0.367. The molecule has 4 heterocycles. The van der Waals surface area contributed by atoms with Gasteiger partial charge in [0.25, 0.3) is 0 Å². The van der Waals surface area contributed by atoms with Gasteiger partial charge in [0.15, 0.2) is 5.65 Å². The number of halogens is 3. The standard InChI is InChI=1S/C14H16F3N5O/c15-14(16,17)7-22-5-10-11(19-8-20-12(10)21-22)18-2-1-13-3-9(4-13)6-23-13/h5,8-9H,1-4,6-7H2,(H,18,19,20,21). The number of alkyl halides is 3. The highest BCUT2D eigenvalue weighted by molar-refractivity contribution is 5.85. The number of hydrogen-bond donors (Lipinski definition) is 1. The maximum absolute atomic E-state index is 12.5. The minimum Gasteiger partial charge on any atom is -0.375 e. The molecule has 2 aromatic rings. The van der Waals surface area contributed by atoms with Crippen molar-refractivity contribution in [2.24, 2.45) is 5.92 Å². The van der Waals surface area contributed by atoms with Crippen LogP contribution in [0.3, 0.4) is 0 Å². The Balaban J connectivity index is 1.46. The Morgan fingerprint density at radius 3 is 2.87 bits per heavy atom. The van der Waals surface area contributed by atoms with Gasteiger partial charge in [0.1, 0.15) is 18.7 Å². The normalized spacial score (nSPS) is 26.5. The lowest BCUT2D eigenvalue weighted by atomic mass is 9.73. The van der Waals surface area contributed by atoms with Crippen molar-refractivity contribution in [2.45, 2.75) is 37.6 Å². The highest BCUT2D eigenvalue weighted by Crippen LogP contribution is 2.50. The van der Waals surface area contributed by atoms with Gasteiger partial charge in [-0.3, -0.25) is 4.68 Å². The van der Waals surface area contributed by atoms with Crippen LogP contribution in [0.15, 0.2) is 12.5 Å². The molecule has 124 valence electrons. The lowest BCUT2D eigenvalue weighted by Gasteiger charge is -2.35. The molecule has 0 aromatic carbocycles. The Morgan fingerprint density at radius 1 is 1.35 bits per heavy atom. The largest absolute Gasteiger partial charge is 0.408 e. The zero-order chi connectivity index (χ0) is 16.1. The van der Waals surface area contributed by atoms with Gasteiger partial charge < -0.3 is 10.1 Å². The first-order chi connectivity index (χ1) is 10.9. The van der Waals surface area contributed by atoms with Crippen LogP contribution in [0, 0.1) is 5.92 Å². The second kappa shape index (κ2) is 5.05. The SMILES string of the molecule is FC(F)(F)Cn1cc2c(NCCC34CC(CO3)C4)ncnc2n1. The first-order valence-corrected chi connectivity index (χ1v) is 7.55. The Labute approximate surface area is 130 Å². The van der Waals surface area contributed by atoms with Crippen molar-refractivity contribution >= 4 is 16.9 Å². The second-order valence-corrected chi connectivity index (χ2v) is 6.35. The predicted octanol–water partition coefficient (Wildman–Crippen LogP) is 2.37. The summed E-state index contributed by atoms with van der Waals surface area (Å²) in [6, 6.07) is 0. The molecule has 9 heteroatoms. The fourth-order valence-electron chi connectivity index (χ4n) is 3.50. The molecule has 6 nitrogen and oxygen atoms in total. The summed E-state index contributed by atoms with van der Waals surface area (Å²) in [5.41, 5.74) is 0.260. The van der Waals surface area contributed by atoms with Crippen LogP contribution in [0.4, 0.5) is 19.0 Å². The van der Waals surface area contributed by atoms with Gasteiger partial charge >= 0.3 is 6.18 Å². The maximum atomic E-state index is 12.5. The molecule has 0 radical (unpaired) electrons. The molecule has 0 amide bonds. The zero-order valence-electron chi connectivity index (χ0n) is 12.3. The monoisotopic (exact) mass is 327 g/mol. The number of anilines is 1. The van der Waals surface area contributed by atoms with E-state index < -0.39 is 12.7 Å². The molecule has 23 heavy (non-hydrogen) atoms. The fourth-order valence-corrected chi connectivity index (χ4v) is 3.50. The van der Waals surface area contributed by atoms with E-state index in [4.69, 9.17) is 4.74 Å². The fraction of sp³-hybridized carbons (Fsp3) is 0.643. The quantitative estimate of drug-likeness (QED) is 0.913. The van der Waals surface area contributed by atoms with Crippen LogP contribution in [-0.4, -0.2) is 44.7 Å². The topological polar surface area (TPSA) is 64.9 Å². The molecule has 0 spiro atoms. The van der Waals surface area contributed by atoms with Gasteiger partial charge in [0.05, 0.1) is 17.6 Å². The number of nitrogens with one attached hydrogen (secondary N) is 1. The summed E-state index contributed by atoms with van der Waals surface area (Å²) in [4.78, 5) is 8.04. The van der Waals surface area contributed by atoms with Gasteiger partial charge in [-0.25, -0.2) is 9.97 Å². The summed E-state index contributed by atoms with van der Waals surface area (Å²) < 4.78 is 44.0. The molecule has 2 bridgehead atoms. The maximum Gasteiger partial charge on any atom is 0.408 e. The van der Waals surface area contributed by atoms with Crippen molar-refractivity contribution in [2.75, 3.05) is 18.5 Å². The lowest BCUT2D eigenvalue weighted by molar-refractivity contribution is -0.142. The molecule has 2 saturated heterocycles. The van der Waals surface area contributed by atoms with E-state index >= 15 is 0 Å². The number of ether oxygens (including phenoxy) is 1. The van der Waals surface area contributed by atoms with Crippen LogP contribution in [-0.2, 0) is 11.3 Å². The summed E-state index contributed by atoms with van der Waals surface area (Å²) in [5, 5.41) is 7.52. The molecular weight excluding hydrogens is 311 g/mol. The van der Waals surface area contributed by atoms with Crippen molar-refractivity contribution in [3.8, 4) is 0 Å². The van der Waals surface area contributed by atoms with Gasteiger partial charge in [-0.1, -0.05) is 0 Å². The van der Waals surface area contributed by atoms with Gasteiger partial charge in [0.2, 0.25) is 0 Å². The number of hydrogen-bond acceptors (Lipinski definition) is 5. The molecule has 1 N–H and O–H groups in total. The van der Waals surface area contributed by atoms with E-state index in [0.717, 1.165) is 30.6 Å². The minimum atomic E-state index is -4.32. The third-order valence-corrected chi connectivity index (χ3v) is 4.53. The van der Waals surface area contributed by atoms with Crippen LogP contribution < -0.4 is 5.32 Å². The molecule has 2 aromatic heterocycles. The van der Waals surface area contributed by atoms with Crippen molar-refractivity contribution in [3.63, 3.8) is 0 Å². The van der Waals surface area contributed by atoms with Crippen molar-refractivity contribution in [1.29, 1.82) is 0 Å². The average Bonchev–Trinajstić information content (AvgIpc) is 3.09. The molecule has 5 rings (SSSR count). The van der Waals surface area contributed by atoms with E-state index in [2.05, 4.69) is 20.4 Å². The number of fused-ring (bicyclic) bond motifs is 2. The van der Waals surface area contributed by atoms with Gasteiger partial charge in [0, 0.05) is 12.7 Å². The average molecular weight is 327 g/mol. The highest BCUT2D eigenvalue weighted by atomic mass is 19.4. The third kappa shape index (κ3) is 2.85. The summed E-state index contributed by atoms with van der Waals surface area (Å²) in [5.74, 6) is 1.22. The Morgan fingerprint density at radius 2 is 2.17 bits per heavy atom. The Kier molecular flexibility index (Phi) is 3.22. The molecule has 0 atom stereocenters. The van der Waals surface area contributed by atoms with E-state index in [-0.39, 0.29) is 11.2 Å². The molecule has 3 aliphatic rings. The minimum absolute atomic E-state index is 0.00424. The van der Waals surface area contributed by atoms with Crippen LogP contribution >= 0.6 is 0 Å². The van der Waals surface area contributed by atoms with Crippen LogP contribution in [0.5, 0.6) is 0 Å². The molecule has 3 fully saturated rings. The van der Waals surface area contributed by atoms with E-state index in [1.54, 1.807) is 0 Å². The first-order valence-electron chi connectivity index (χ1n) is 7.55. The molecule has 1 aliphatic carbocycles. The predicted molar refractivity (Wildman–Crippen MR) is 75.9 cm³/mol. The summed E-state index contributed by atoms with van der Waals surface area (Å²) >= 11 is 0. The highest BCUT2D eigenvalue weighted by Gasteiger charge is 2.51. The molecule has 2 aliphatic heterocycles. The van der Waals surface area contributed by atoms with E-state index in [1.165, 1.54) is 12.5 Å². The van der Waals surface area contributed by atoms with Crippen molar-refractivity contribution < 1.29 is 17.9 Å². The molecule has 1 saturated carbocycles. The summed E-state index contributed by atoms with van der Waals surface area (Å²) in [6.07, 6.45) is 1.40. The van der Waals surface area contributed by atoms with E-state index in [9.17, 15) is 13.2 Å². The van der Waals surface area contributed by atoms with Gasteiger partial charge in [-0.2, -0.15) is 18.3 Å². The molecular formula is C14H16F3N5O. The van der Waals surface area contributed by atoms with Crippen LogP contribution in [0.25, 0.3) is 11.0 Å². The van der Waals surface area contributed by atoms with Gasteiger partial charge in [-0.05, 0) is 25.2 Å². The summed E-state index contributed by atoms with van der Waals surface area (Å²) in [7, 11) is 0. The molecule has 0 unspecified atom stereocenters. The Bertz CT molecular complexity index is 717. The van der Waals surface area contributed by atoms with Crippen molar-refractivity contribution in [1.82, 2.24) is 19.7 Å². The number of aromatic nitrogens is 4. The zero-order valence-corrected chi connectivity index (χ0v) is 12.3. The van der Waals surface area contributed by atoms with Gasteiger partial charge in [-0.15, -0.1) is 0 Å². The van der Waals surface area contributed by atoms with Crippen molar-refractivity contribution in [3.05, 3.63) is 12.5 Å². The smallest absolute Gasteiger partial charge is 0.375 e. The lowest BCUT2D eigenvalue weighted by Crippen LogP contribution is -2.38. The number of rotatable bonds is 5. The number of nitrogens with zero attached hydrogens (tertiary/aromatic N) is 4. The van der Waals surface area contributed by atoms with E-state index in [1.807, 2.05) is 0 Å². The third-order valence-electron chi connectivity index (χ3n) is 4.53. The van der Waals surface area contributed by atoms with Crippen LogP contribution in [0.1, 0.15) is 19.3 Å². The van der Waals surface area contributed by atoms with E-state index in [0.29, 0.717) is 23.7 Å². The Hall–Kier alpha value is -1.90. The van der Waals surface area contributed by atoms with Crippen LogP contribution in [0.2, 0.25) is 0 Å². The second-order valence-electron chi connectivity index (χ2n) is 6.35. The first kappa shape index (κ1) is 14.7.